The maximum Gasteiger partial charge on any atom is 0.414 e. The van der Waals surface area contributed by atoms with Crippen LogP contribution in [0, 0.1) is 22.5 Å². The Kier molecular flexibility index (Phi) is 7.21. The van der Waals surface area contributed by atoms with Gasteiger partial charge in [-0.25, -0.2) is 15.8 Å². The van der Waals surface area contributed by atoms with E-state index in [1.807, 2.05) is 4.90 Å². The molecule has 2 heterocycles. The van der Waals surface area contributed by atoms with Gasteiger partial charge in [-0.2, -0.15) is 0 Å². The van der Waals surface area contributed by atoms with Crippen LogP contribution in [0.1, 0.15) is 19.8 Å². The smallest absolute Gasteiger partial charge is 0.414 e. The molecular formula is C24H25FN6O4S. The Morgan fingerprint density at radius 1 is 1.31 bits per heavy atom. The van der Waals surface area contributed by atoms with Crippen LogP contribution in [0.25, 0.3) is 4.85 Å². The number of rotatable bonds is 7. The van der Waals surface area contributed by atoms with Crippen LogP contribution in [0.2, 0.25) is 0 Å². The molecule has 1 atom stereocenters. The molecule has 12 heteroatoms. The van der Waals surface area contributed by atoms with Crippen LogP contribution in [-0.2, 0) is 4.74 Å². The summed E-state index contributed by atoms with van der Waals surface area (Å²) in [5.41, 5.74) is 0.523. The number of halogens is 1. The van der Waals surface area contributed by atoms with Gasteiger partial charge in [0.1, 0.15) is 11.9 Å². The van der Waals surface area contributed by atoms with Crippen molar-refractivity contribution in [1.82, 2.24) is 5.32 Å². The van der Waals surface area contributed by atoms with Gasteiger partial charge < -0.3 is 20.3 Å². The molecule has 1 amide bonds. The van der Waals surface area contributed by atoms with Gasteiger partial charge in [0.15, 0.2) is 0 Å². The summed E-state index contributed by atoms with van der Waals surface area (Å²) in [6, 6.07) is 10.6. The number of piperidine rings is 1. The van der Waals surface area contributed by atoms with Crippen LogP contribution in [0.5, 0.6) is 0 Å². The number of amides is 1. The molecule has 0 unspecified atom stereocenters. The second-order valence-electron chi connectivity index (χ2n) is 8.75. The molecule has 0 bridgehead atoms. The zero-order valence-electron chi connectivity index (χ0n) is 19.6. The van der Waals surface area contributed by atoms with Gasteiger partial charge >= 0.3 is 11.8 Å². The number of thiocarbonyl (C=S) groups is 1. The monoisotopic (exact) mass is 512 g/mol. The van der Waals surface area contributed by atoms with E-state index in [-0.39, 0.29) is 11.8 Å². The summed E-state index contributed by atoms with van der Waals surface area (Å²) >= 11 is 4.98. The third kappa shape index (κ3) is 5.46. The molecular weight excluding hydrogens is 487 g/mol. The lowest BCUT2D eigenvalue weighted by atomic mass is 9.96. The van der Waals surface area contributed by atoms with E-state index in [0.29, 0.717) is 61.1 Å². The molecule has 2 aliphatic heterocycles. The van der Waals surface area contributed by atoms with Crippen LogP contribution >= 0.6 is 12.2 Å². The summed E-state index contributed by atoms with van der Waals surface area (Å²) < 4.78 is 20.4. The number of nitro groups is 1. The number of nitrogens with one attached hydrogen (secondary N) is 2. The highest BCUT2D eigenvalue weighted by Gasteiger charge is 2.41. The van der Waals surface area contributed by atoms with E-state index < -0.39 is 22.5 Å². The Bertz CT molecular complexity index is 1210. The van der Waals surface area contributed by atoms with E-state index in [4.69, 9.17) is 23.5 Å². The minimum Gasteiger partial charge on any atom is -0.442 e. The molecule has 2 saturated heterocycles. The van der Waals surface area contributed by atoms with Gasteiger partial charge in [0, 0.05) is 30.9 Å². The van der Waals surface area contributed by atoms with Gasteiger partial charge in [0.05, 0.1) is 47.2 Å². The lowest BCUT2D eigenvalue weighted by molar-refractivity contribution is -0.384. The number of carbonyl (C=O) groups is 1. The van der Waals surface area contributed by atoms with Crippen LogP contribution in [0.15, 0.2) is 42.5 Å². The van der Waals surface area contributed by atoms with Crippen molar-refractivity contribution in [2.24, 2.45) is 0 Å². The van der Waals surface area contributed by atoms with Crippen molar-refractivity contribution in [3.05, 3.63) is 69.8 Å². The Hall–Kier alpha value is -3.98. The Balaban J connectivity index is 1.39. The fourth-order valence-electron chi connectivity index (χ4n) is 4.33. The number of non-ortho nitro benzene ring substituents is 1. The quantitative estimate of drug-likeness (QED) is 0.245. The van der Waals surface area contributed by atoms with E-state index >= 15 is 4.39 Å². The average Bonchev–Trinajstić information content (AvgIpc) is 3.24. The van der Waals surface area contributed by atoms with Gasteiger partial charge in [-0.15, -0.1) is 0 Å². The minimum atomic E-state index is -0.883. The van der Waals surface area contributed by atoms with Crippen molar-refractivity contribution >= 4 is 46.0 Å². The van der Waals surface area contributed by atoms with Gasteiger partial charge in [-0.05, 0) is 37.3 Å². The summed E-state index contributed by atoms with van der Waals surface area (Å²) in [4.78, 5) is 30.3. The molecule has 2 fully saturated rings. The van der Waals surface area contributed by atoms with Crippen LogP contribution in [-0.4, -0.2) is 54.0 Å². The van der Waals surface area contributed by atoms with Crippen molar-refractivity contribution in [3.8, 4) is 0 Å². The third-order valence-corrected chi connectivity index (χ3v) is 6.44. The van der Waals surface area contributed by atoms with Crippen LogP contribution < -0.4 is 20.4 Å². The number of cyclic esters (lactones) is 1. The zero-order valence-corrected chi connectivity index (χ0v) is 20.4. The van der Waals surface area contributed by atoms with E-state index in [1.54, 1.807) is 31.2 Å². The molecule has 2 N–H and O–H groups in total. The molecule has 0 aliphatic carbocycles. The standard InChI is InChI=1S/C24H25FN6O4S/c1-16(36)27-14-20-15-30(23(32)35-20)19-7-8-22(21(25)13-19)29-11-9-24(26-2,10-12-29)28-17-3-5-18(6-4-17)31(33)34/h3-8,13,20,28H,9-12,14-15H2,1H3,(H,27,36)/t20-/m0/s1. The van der Waals surface area contributed by atoms with Crippen LogP contribution in [0.4, 0.5) is 31.9 Å². The number of nitro benzene ring substituents is 1. The number of nitrogens with zero attached hydrogens (tertiary/aromatic N) is 4. The third-order valence-electron chi connectivity index (χ3n) is 6.30. The molecule has 2 aromatic carbocycles. The normalized spacial score (nSPS) is 18.8. The largest absolute Gasteiger partial charge is 0.442 e. The van der Waals surface area contributed by atoms with Gasteiger partial charge in [-0.3, -0.25) is 19.9 Å². The molecule has 2 aromatic rings. The average molecular weight is 513 g/mol. The second kappa shape index (κ2) is 10.3. The second-order valence-corrected chi connectivity index (χ2v) is 9.36. The molecule has 4 rings (SSSR count). The highest BCUT2D eigenvalue weighted by atomic mass is 32.1. The summed E-state index contributed by atoms with van der Waals surface area (Å²) in [6.07, 6.45) is -0.0549. The number of ether oxygens (including phenoxy) is 1. The molecule has 0 aromatic heterocycles. The Morgan fingerprint density at radius 2 is 2.00 bits per heavy atom. The highest BCUT2D eigenvalue weighted by Crippen LogP contribution is 2.34. The first-order valence-electron chi connectivity index (χ1n) is 11.4. The van der Waals surface area contributed by atoms with Crippen molar-refractivity contribution in [2.45, 2.75) is 31.5 Å². The molecule has 0 saturated carbocycles. The SMILES string of the molecule is [C-]#[N+]C1(Nc2ccc([N+](=O)[O-])cc2)CCN(c2ccc(N3C[C@H](CNC(C)=S)OC3=O)cc2F)CC1. The first kappa shape index (κ1) is 25.1. The zero-order chi connectivity index (χ0) is 25.9. The fraction of sp³-hybridized carbons (Fsp3) is 0.375. The lowest BCUT2D eigenvalue weighted by Crippen LogP contribution is -2.47. The number of anilines is 3. The van der Waals surface area contributed by atoms with Crippen molar-refractivity contribution < 1.29 is 18.8 Å². The van der Waals surface area contributed by atoms with Crippen LogP contribution in [0.3, 0.4) is 0 Å². The molecule has 2 aliphatic rings. The first-order chi connectivity index (χ1) is 17.2. The van der Waals surface area contributed by atoms with Gasteiger partial charge in [0.2, 0.25) is 0 Å². The lowest BCUT2D eigenvalue weighted by Gasteiger charge is -2.36. The topological polar surface area (TPSA) is 104 Å². The predicted molar refractivity (Wildman–Crippen MR) is 138 cm³/mol. The van der Waals surface area contributed by atoms with Crippen molar-refractivity contribution in [3.63, 3.8) is 0 Å². The summed E-state index contributed by atoms with van der Waals surface area (Å²) in [5, 5.41) is 17.0. The Morgan fingerprint density at radius 3 is 2.58 bits per heavy atom. The van der Waals surface area contributed by atoms with E-state index in [2.05, 4.69) is 15.5 Å². The fourth-order valence-corrected chi connectivity index (χ4v) is 4.42. The molecule has 36 heavy (non-hydrogen) atoms. The van der Waals surface area contributed by atoms with E-state index in [1.165, 1.54) is 23.1 Å². The van der Waals surface area contributed by atoms with E-state index in [0.717, 1.165) is 0 Å². The maximum absolute atomic E-state index is 15.1. The maximum atomic E-state index is 15.1. The number of benzene rings is 2. The highest BCUT2D eigenvalue weighted by molar-refractivity contribution is 7.80. The predicted octanol–water partition coefficient (Wildman–Crippen LogP) is 4.32. The minimum absolute atomic E-state index is 0.0226. The number of carbonyl (C=O) groups excluding carboxylic acids is 1. The van der Waals surface area contributed by atoms with Crippen molar-refractivity contribution in [1.29, 1.82) is 0 Å². The molecule has 0 spiro atoms. The van der Waals surface area contributed by atoms with Crippen molar-refractivity contribution in [2.75, 3.05) is 41.3 Å². The summed E-state index contributed by atoms with van der Waals surface area (Å²) in [5.74, 6) is -0.463. The van der Waals surface area contributed by atoms with Gasteiger partial charge in [-0.1, -0.05) is 12.2 Å². The number of hydrogen-bond donors (Lipinski definition) is 2. The van der Waals surface area contributed by atoms with Gasteiger partial charge in [0.25, 0.3) is 5.69 Å². The Labute approximate surface area is 213 Å². The molecule has 188 valence electrons. The summed E-state index contributed by atoms with van der Waals surface area (Å²) in [6.45, 7) is 11.0. The molecule has 0 radical (unpaired) electrons. The molecule has 10 nitrogen and oxygen atoms in total. The summed E-state index contributed by atoms with van der Waals surface area (Å²) in [7, 11) is 0. The van der Waals surface area contributed by atoms with E-state index in [9.17, 15) is 14.9 Å². The number of hydrogen-bond acceptors (Lipinski definition) is 7. The first-order valence-corrected chi connectivity index (χ1v) is 11.8.